The summed E-state index contributed by atoms with van der Waals surface area (Å²) in [6, 6.07) is 13.8. The number of nitrogens with two attached hydrogens (primary N) is 1. The van der Waals surface area contributed by atoms with E-state index in [4.69, 9.17) is 22.1 Å². The van der Waals surface area contributed by atoms with Crippen molar-refractivity contribution in [2.24, 2.45) is 5.73 Å². The molecule has 0 radical (unpaired) electrons. The Balaban J connectivity index is 2.15. The monoisotopic (exact) mass is 353 g/mol. The fourth-order valence-electron chi connectivity index (χ4n) is 1.97. The Bertz CT molecular complexity index is 586. The van der Waals surface area contributed by atoms with Crippen LogP contribution in [0.2, 0.25) is 5.02 Å². The molecule has 20 heavy (non-hydrogen) atoms. The lowest BCUT2D eigenvalue weighted by molar-refractivity contribution is 0.302. The smallest absolute Gasteiger partial charge is 0.123 e. The third-order valence-electron chi connectivity index (χ3n) is 2.91. The highest BCUT2D eigenvalue weighted by molar-refractivity contribution is 9.10. The molecule has 0 aliphatic carbocycles. The van der Waals surface area contributed by atoms with E-state index >= 15 is 0 Å². The minimum absolute atomic E-state index is 0.0898. The van der Waals surface area contributed by atoms with Gasteiger partial charge in [-0.2, -0.15) is 0 Å². The maximum absolute atomic E-state index is 6.13. The van der Waals surface area contributed by atoms with Gasteiger partial charge in [-0.1, -0.05) is 45.7 Å². The van der Waals surface area contributed by atoms with Crippen LogP contribution in [0.4, 0.5) is 0 Å². The maximum Gasteiger partial charge on any atom is 0.123 e. The van der Waals surface area contributed by atoms with Crippen LogP contribution >= 0.6 is 27.5 Å². The zero-order chi connectivity index (χ0) is 14.5. The molecule has 2 N–H and O–H groups in total. The molecule has 0 spiro atoms. The number of hydrogen-bond donors (Lipinski definition) is 1. The van der Waals surface area contributed by atoms with Gasteiger partial charge in [0.15, 0.2) is 0 Å². The molecular weight excluding hydrogens is 338 g/mol. The van der Waals surface area contributed by atoms with Gasteiger partial charge >= 0.3 is 0 Å². The predicted molar refractivity (Wildman–Crippen MR) is 87.3 cm³/mol. The Kier molecular flexibility index (Phi) is 5.46. The average Bonchev–Trinajstić information content (AvgIpc) is 2.39. The first-order valence-electron chi connectivity index (χ1n) is 6.46. The van der Waals surface area contributed by atoms with Crippen molar-refractivity contribution in [1.82, 2.24) is 0 Å². The second-order valence-electron chi connectivity index (χ2n) is 4.81. The molecule has 0 aromatic heterocycles. The summed E-state index contributed by atoms with van der Waals surface area (Å²) < 4.78 is 6.93. The van der Waals surface area contributed by atoms with Gasteiger partial charge in [-0.15, -0.1) is 0 Å². The molecule has 0 saturated carbocycles. The fraction of sp³-hybridized carbons (Fsp3) is 0.250. The standard InChI is InChI=1S/C16H17BrClNO/c1-11(19)8-13-9-14(17)6-7-16(13)20-10-12-4-2-3-5-15(12)18/h2-7,9,11H,8,10,19H2,1H3. The quantitative estimate of drug-likeness (QED) is 0.853. The van der Waals surface area contributed by atoms with Crippen molar-refractivity contribution < 1.29 is 4.74 Å². The lowest BCUT2D eigenvalue weighted by Gasteiger charge is -2.14. The topological polar surface area (TPSA) is 35.2 Å². The van der Waals surface area contributed by atoms with E-state index in [0.29, 0.717) is 6.61 Å². The first kappa shape index (κ1) is 15.4. The normalized spacial score (nSPS) is 12.2. The van der Waals surface area contributed by atoms with E-state index in [2.05, 4.69) is 15.9 Å². The van der Waals surface area contributed by atoms with Crippen molar-refractivity contribution >= 4 is 27.5 Å². The van der Waals surface area contributed by atoms with E-state index in [9.17, 15) is 0 Å². The number of benzene rings is 2. The predicted octanol–water partition coefficient (Wildman–Crippen LogP) is 4.57. The summed E-state index contributed by atoms with van der Waals surface area (Å²) in [6.45, 7) is 2.44. The summed E-state index contributed by atoms with van der Waals surface area (Å²) in [4.78, 5) is 0. The van der Waals surface area contributed by atoms with Crippen molar-refractivity contribution in [2.75, 3.05) is 0 Å². The van der Waals surface area contributed by atoms with Crippen LogP contribution < -0.4 is 10.5 Å². The summed E-state index contributed by atoms with van der Waals surface area (Å²) in [5, 5.41) is 0.721. The van der Waals surface area contributed by atoms with Crippen LogP contribution in [0, 0.1) is 0 Å². The van der Waals surface area contributed by atoms with Crippen molar-refractivity contribution in [3.05, 3.63) is 63.1 Å². The molecule has 1 atom stereocenters. The Morgan fingerprint density at radius 3 is 2.65 bits per heavy atom. The molecular formula is C16H17BrClNO. The highest BCUT2D eigenvalue weighted by Crippen LogP contribution is 2.26. The van der Waals surface area contributed by atoms with Gasteiger partial charge in [0.2, 0.25) is 0 Å². The van der Waals surface area contributed by atoms with E-state index in [-0.39, 0.29) is 6.04 Å². The third-order valence-corrected chi connectivity index (χ3v) is 3.77. The molecule has 2 aromatic carbocycles. The molecule has 0 aliphatic heterocycles. The lowest BCUT2D eigenvalue weighted by Crippen LogP contribution is -2.18. The zero-order valence-corrected chi connectivity index (χ0v) is 13.6. The Morgan fingerprint density at radius 2 is 1.95 bits per heavy atom. The molecule has 2 aromatic rings. The molecule has 0 fully saturated rings. The summed E-state index contributed by atoms with van der Waals surface area (Å²) in [6.07, 6.45) is 0.775. The van der Waals surface area contributed by atoms with Gasteiger partial charge in [0.1, 0.15) is 12.4 Å². The van der Waals surface area contributed by atoms with Crippen LogP contribution in [-0.2, 0) is 13.0 Å². The van der Waals surface area contributed by atoms with Crippen LogP contribution in [0.15, 0.2) is 46.9 Å². The molecule has 0 aliphatic rings. The summed E-state index contributed by atoms with van der Waals surface area (Å²) in [5.41, 5.74) is 7.96. The number of halogens is 2. The van der Waals surface area contributed by atoms with Crippen molar-refractivity contribution in [1.29, 1.82) is 0 Å². The molecule has 0 heterocycles. The van der Waals surface area contributed by atoms with Gasteiger partial charge in [-0.05, 0) is 43.2 Å². The second-order valence-corrected chi connectivity index (χ2v) is 6.14. The average molecular weight is 355 g/mol. The fourth-order valence-corrected chi connectivity index (χ4v) is 2.56. The van der Waals surface area contributed by atoms with Crippen LogP contribution in [0.1, 0.15) is 18.1 Å². The summed E-state index contributed by atoms with van der Waals surface area (Å²) >= 11 is 9.61. The van der Waals surface area contributed by atoms with Crippen molar-refractivity contribution in [3.63, 3.8) is 0 Å². The second kappa shape index (κ2) is 7.11. The van der Waals surface area contributed by atoms with Gasteiger partial charge in [0, 0.05) is 21.1 Å². The van der Waals surface area contributed by atoms with E-state index < -0.39 is 0 Å². The molecule has 2 nitrogen and oxygen atoms in total. The van der Waals surface area contributed by atoms with E-state index in [1.807, 2.05) is 49.4 Å². The lowest BCUT2D eigenvalue weighted by atomic mass is 10.1. The Hall–Kier alpha value is -1.03. The van der Waals surface area contributed by atoms with Gasteiger partial charge in [0.25, 0.3) is 0 Å². The Labute approximate surface area is 133 Å². The highest BCUT2D eigenvalue weighted by Gasteiger charge is 2.08. The largest absolute Gasteiger partial charge is 0.489 e. The molecule has 0 saturated heterocycles. The first-order valence-corrected chi connectivity index (χ1v) is 7.63. The number of rotatable bonds is 5. The van der Waals surface area contributed by atoms with Gasteiger partial charge in [-0.25, -0.2) is 0 Å². The maximum atomic E-state index is 6.13. The van der Waals surface area contributed by atoms with Crippen LogP contribution in [0.25, 0.3) is 0 Å². The van der Waals surface area contributed by atoms with Crippen LogP contribution in [-0.4, -0.2) is 6.04 Å². The molecule has 2 rings (SSSR count). The van der Waals surface area contributed by atoms with Crippen molar-refractivity contribution in [2.45, 2.75) is 26.0 Å². The minimum Gasteiger partial charge on any atom is -0.489 e. The molecule has 1 unspecified atom stereocenters. The molecule has 0 bridgehead atoms. The Morgan fingerprint density at radius 1 is 1.20 bits per heavy atom. The zero-order valence-electron chi connectivity index (χ0n) is 11.3. The third kappa shape index (κ3) is 4.23. The van der Waals surface area contributed by atoms with Gasteiger partial charge in [0.05, 0.1) is 0 Å². The van der Waals surface area contributed by atoms with Gasteiger partial charge < -0.3 is 10.5 Å². The van der Waals surface area contributed by atoms with Crippen LogP contribution in [0.3, 0.4) is 0 Å². The molecule has 106 valence electrons. The molecule has 4 heteroatoms. The molecule has 0 amide bonds. The van der Waals surface area contributed by atoms with E-state index in [0.717, 1.165) is 32.8 Å². The summed E-state index contributed by atoms with van der Waals surface area (Å²) in [7, 11) is 0. The summed E-state index contributed by atoms with van der Waals surface area (Å²) in [5.74, 6) is 0.852. The van der Waals surface area contributed by atoms with Crippen molar-refractivity contribution in [3.8, 4) is 5.75 Å². The number of ether oxygens (including phenoxy) is 1. The van der Waals surface area contributed by atoms with Crippen LogP contribution in [0.5, 0.6) is 5.75 Å². The first-order chi connectivity index (χ1) is 9.56. The minimum atomic E-state index is 0.0898. The number of hydrogen-bond acceptors (Lipinski definition) is 2. The SMILES string of the molecule is CC(N)Cc1cc(Br)ccc1OCc1ccccc1Cl. The van der Waals surface area contributed by atoms with E-state index in [1.54, 1.807) is 0 Å². The van der Waals surface area contributed by atoms with E-state index in [1.165, 1.54) is 0 Å². The highest BCUT2D eigenvalue weighted by atomic mass is 79.9. The van der Waals surface area contributed by atoms with Gasteiger partial charge in [-0.3, -0.25) is 0 Å².